The molecule has 1 aliphatic carbocycles. The second kappa shape index (κ2) is 10.2. The summed E-state index contributed by atoms with van der Waals surface area (Å²) < 4.78 is 5.29. The highest BCUT2D eigenvalue weighted by Crippen LogP contribution is 2.14. The molecule has 4 N–H and O–H groups in total. The van der Waals surface area contributed by atoms with Crippen LogP contribution in [0, 0.1) is 0 Å². The molecule has 0 fully saturated rings. The van der Waals surface area contributed by atoms with E-state index < -0.39 is 18.1 Å². The minimum Gasteiger partial charge on any atom is -0.480 e. The molecule has 2 atom stereocenters. The summed E-state index contributed by atoms with van der Waals surface area (Å²) in [6.45, 7) is 0.518. The first-order valence-electron chi connectivity index (χ1n) is 7.70. The number of carbonyl (C=O) groups excluding carboxylic acids is 1. The Hall–Kier alpha value is -1.56. The van der Waals surface area contributed by atoms with Crippen molar-refractivity contribution in [3.63, 3.8) is 0 Å². The maximum Gasteiger partial charge on any atom is 0.408 e. The number of alkyl carbamates (subject to hydrolysis) is 1. The molecule has 1 unspecified atom stereocenters. The van der Waals surface area contributed by atoms with E-state index in [4.69, 9.17) is 15.6 Å². The lowest BCUT2D eigenvalue weighted by molar-refractivity contribution is -0.139. The largest absolute Gasteiger partial charge is 0.480 e. The molecule has 0 radical (unpaired) electrons. The third-order valence-electron chi connectivity index (χ3n) is 3.51. The highest BCUT2D eigenvalue weighted by molar-refractivity contribution is 5.79. The molecule has 1 aliphatic rings. The third kappa shape index (κ3) is 7.70. The van der Waals surface area contributed by atoms with E-state index in [2.05, 4.69) is 5.32 Å². The Bertz CT molecular complexity index is 358. The number of ether oxygens (including phenoxy) is 1. The molecule has 0 aromatic carbocycles. The molecule has 1 amide bonds. The van der Waals surface area contributed by atoms with Gasteiger partial charge in [-0.2, -0.15) is 0 Å². The maximum atomic E-state index is 11.8. The van der Waals surface area contributed by atoms with Crippen molar-refractivity contribution in [1.82, 2.24) is 5.32 Å². The summed E-state index contributed by atoms with van der Waals surface area (Å²) in [6.07, 6.45) is 9.85. The summed E-state index contributed by atoms with van der Waals surface area (Å²) in [5.74, 6) is -1.04. The lowest BCUT2D eigenvalue weighted by Gasteiger charge is -2.19. The SMILES string of the molecule is NCCCC[C@H](NC(=O)OC1C=CCCCCC1)C(=O)O. The number of unbranched alkanes of at least 4 members (excludes halogenated alkanes) is 1. The van der Waals surface area contributed by atoms with Crippen LogP contribution in [0.2, 0.25) is 0 Å². The molecule has 21 heavy (non-hydrogen) atoms. The predicted molar refractivity (Wildman–Crippen MR) is 80.0 cm³/mol. The van der Waals surface area contributed by atoms with Gasteiger partial charge in [-0.15, -0.1) is 0 Å². The minimum absolute atomic E-state index is 0.260. The average molecular weight is 298 g/mol. The van der Waals surface area contributed by atoms with Gasteiger partial charge in [0.2, 0.25) is 0 Å². The molecule has 0 saturated carbocycles. The number of allylic oxidation sites excluding steroid dienone is 1. The Morgan fingerprint density at radius 3 is 2.86 bits per heavy atom. The molecule has 1 rings (SSSR count). The van der Waals surface area contributed by atoms with Crippen molar-refractivity contribution in [2.24, 2.45) is 5.73 Å². The van der Waals surface area contributed by atoms with Crippen LogP contribution in [0.1, 0.15) is 51.4 Å². The van der Waals surface area contributed by atoms with Crippen LogP contribution in [0.3, 0.4) is 0 Å². The van der Waals surface area contributed by atoms with Crippen LogP contribution in [0.15, 0.2) is 12.2 Å². The number of carbonyl (C=O) groups is 2. The van der Waals surface area contributed by atoms with Crippen LogP contribution < -0.4 is 11.1 Å². The average Bonchev–Trinajstić information content (AvgIpc) is 2.40. The van der Waals surface area contributed by atoms with Crippen molar-refractivity contribution in [2.75, 3.05) is 6.54 Å². The first-order valence-corrected chi connectivity index (χ1v) is 7.70. The highest BCUT2D eigenvalue weighted by Gasteiger charge is 2.21. The standard InChI is InChI=1S/C15H26N2O4/c16-11-7-6-10-13(14(18)19)17-15(20)21-12-8-4-2-1-3-5-9-12/h4,8,12-13H,1-3,5-7,9-11,16H2,(H,17,20)(H,18,19)/t12?,13-/m0/s1. The molecular weight excluding hydrogens is 272 g/mol. The number of carboxylic acid groups (broad SMARTS) is 1. The predicted octanol–water partition coefficient (Wildman–Crippen LogP) is 2.18. The van der Waals surface area contributed by atoms with E-state index in [0.717, 1.165) is 38.5 Å². The van der Waals surface area contributed by atoms with Crippen LogP contribution in [-0.2, 0) is 9.53 Å². The summed E-state index contributed by atoms with van der Waals surface area (Å²) in [5, 5.41) is 11.5. The lowest BCUT2D eigenvalue weighted by atomic mass is 10.0. The zero-order valence-electron chi connectivity index (χ0n) is 12.4. The molecule has 0 bridgehead atoms. The van der Waals surface area contributed by atoms with Gasteiger partial charge in [-0.3, -0.25) is 0 Å². The summed E-state index contributed by atoms with van der Waals surface area (Å²) in [5.41, 5.74) is 5.38. The van der Waals surface area contributed by atoms with E-state index in [-0.39, 0.29) is 6.10 Å². The van der Waals surface area contributed by atoms with Gasteiger partial charge in [-0.1, -0.05) is 12.5 Å². The van der Waals surface area contributed by atoms with Gasteiger partial charge in [0.15, 0.2) is 0 Å². The number of nitrogens with one attached hydrogen (secondary N) is 1. The maximum absolute atomic E-state index is 11.8. The van der Waals surface area contributed by atoms with Gasteiger partial charge < -0.3 is 20.9 Å². The van der Waals surface area contributed by atoms with Crippen molar-refractivity contribution in [1.29, 1.82) is 0 Å². The fourth-order valence-electron chi connectivity index (χ4n) is 2.29. The number of nitrogens with two attached hydrogens (primary N) is 1. The van der Waals surface area contributed by atoms with Crippen molar-refractivity contribution < 1.29 is 19.4 Å². The number of aliphatic carboxylic acids is 1. The van der Waals surface area contributed by atoms with Crippen molar-refractivity contribution >= 4 is 12.1 Å². The first kappa shape index (κ1) is 17.5. The Morgan fingerprint density at radius 1 is 1.33 bits per heavy atom. The van der Waals surface area contributed by atoms with E-state index in [9.17, 15) is 9.59 Å². The zero-order valence-corrected chi connectivity index (χ0v) is 12.4. The normalized spacial score (nSPS) is 20.1. The van der Waals surface area contributed by atoms with E-state index in [0.29, 0.717) is 19.4 Å². The molecule has 6 heteroatoms. The van der Waals surface area contributed by atoms with E-state index >= 15 is 0 Å². The van der Waals surface area contributed by atoms with Crippen molar-refractivity contribution in [2.45, 2.75) is 63.5 Å². The lowest BCUT2D eigenvalue weighted by Crippen LogP contribution is -2.42. The molecule has 0 heterocycles. The Kier molecular flexibility index (Phi) is 8.50. The molecule has 0 aromatic rings. The van der Waals surface area contributed by atoms with Crippen LogP contribution in [0.5, 0.6) is 0 Å². The number of hydrogen-bond donors (Lipinski definition) is 3. The number of hydrogen-bond acceptors (Lipinski definition) is 4. The van der Waals surface area contributed by atoms with Crippen molar-refractivity contribution in [3.8, 4) is 0 Å². The molecule has 0 aliphatic heterocycles. The molecule has 0 saturated heterocycles. The Morgan fingerprint density at radius 2 is 2.14 bits per heavy atom. The Labute approximate surface area is 125 Å². The molecule has 6 nitrogen and oxygen atoms in total. The third-order valence-corrected chi connectivity index (χ3v) is 3.51. The van der Waals surface area contributed by atoms with E-state index in [1.807, 2.05) is 12.2 Å². The van der Waals surface area contributed by atoms with Gasteiger partial charge in [-0.25, -0.2) is 9.59 Å². The molecule has 120 valence electrons. The zero-order chi connectivity index (χ0) is 15.5. The number of rotatable bonds is 7. The van der Waals surface area contributed by atoms with E-state index in [1.165, 1.54) is 0 Å². The van der Waals surface area contributed by atoms with Crippen LogP contribution in [-0.4, -0.2) is 35.9 Å². The number of amides is 1. The first-order chi connectivity index (χ1) is 10.1. The monoisotopic (exact) mass is 298 g/mol. The topological polar surface area (TPSA) is 102 Å². The van der Waals surface area contributed by atoms with Gasteiger partial charge in [0.05, 0.1) is 0 Å². The van der Waals surface area contributed by atoms with Crippen LogP contribution >= 0.6 is 0 Å². The molecular formula is C15H26N2O4. The van der Waals surface area contributed by atoms with Crippen LogP contribution in [0.4, 0.5) is 4.79 Å². The fourth-order valence-corrected chi connectivity index (χ4v) is 2.29. The van der Waals surface area contributed by atoms with Gasteiger partial charge in [0, 0.05) is 0 Å². The molecule has 0 aromatic heterocycles. The van der Waals surface area contributed by atoms with Gasteiger partial charge in [0.1, 0.15) is 12.1 Å². The second-order valence-corrected chi connectivity index (χ2v) is 5.33. The summed E-state index contributed by atoms with van der Waals surface area (Å²) in [6, 6.07) is -0.915. The quantitative estimate of drug-likeness (QED) is 0.494. The molecule has 0 spiro atoms. The second-order valence-electron chi connectivity index (χ2n) is 5.33. The number of carboxylic acids is 1. The van der Waals surface area contributed by atoms with Gasteiger partial charge in [0.25, 0.3) is 0 Å². The van der Waals surface area contributed by atoms with Crippen LogP contribution in [0.25, 0.3) is 0 Å². The Balaban J connectivity index is 2.41. The summed E-state index contributed by atoms with van der Waals surface area (Å²) in [4.78, 5) is 22.9. The van der Waals surface area contributed by atoms with E-state index in [1.54, 1.807) is 0 Å². The van der Waals surface area contributed by atoms with Gasteiger partial charge >= 0.3 is 12.1 Å². The summed E-state index contributed by atoms with van der Waals surface area (Å²) in [7, 11) is 0. The minimum atomic E-state index is -1.04. The van der Waals surface area contributed by atoms with Gasteiger partial charge in [-0.05, 0) is 57.6 Å². The smallest absolute Gasteiger partial charge is 0.408 e. The highest BCUT2D eigenvalue weighted by atomic mass is 16.6. The van der Waals surface area contributed by atoms with Crippen molar-refractivity contribution in [3.05, 3.63) is 12.2 Å². The fraction of sp³-hybridized carbons (Fsp3) is 0.733. The summed E-state index contributed by atoms with van der Waals surface area (Å²) >= 11 is 0.